The molecule has 2 heterocycles. The lowest BCUT2D eigenvalue weighted by Gasteiger charge is -2.26. The Morgan fingerprint density at radius 3 is 2.12 bits per heavy atom. The van der Waals surface area contributed by atoms with Gasteiger partial charge in [-0.2, -0.15) is 0 Å². The molecule has 6 aromatic rings. The van der Waals surface area contributed by atoms with Gasteiger partial charge in [-0.25, -0.2) is 4.79 Å². The minimum atomic E-state index is -0.528. The van der Waals surface area contributed by atoms with Crippen molar-refractivity contribution >= 4 is 38.9 Å². The minimum absolute atomic E-state index is 0.367. The van der Waals surface area contributed by atoms with Crippen LogP contribution in [0.1, 0.15) is 30.4 Å². The van der Waals surface area contributed by atoms with E-state index in [2.05, 4.69) is 51.9 Å². The van der Waals surface area contributed by atoms with E-state index in [0.717, 1.165) is 40.4 Å². The fourth-order valence-corrected chi connectivity index (χ4v) is 7.47. The third kappa shape index (κ3) is 8.83. The zero-order valence-corrected chi connectivity index (χ0v) is 28.8. The number of nitrogens with zero attached hydrogens (tertiary/aromatic N) is 1. The fraction of sp³-hybridized carbons (Fsp3) is 0.214. The van der Waals surface area contributed by atoms with E-state index in [4.69, 9.17) is 14.2 Å². The second-order valence-corrected chi connectivity index (χ2v) is 13.4. The number of para-hydroxylation sites is 2. The number of ether oxygens (including phenoxy) is 3. The highest BCUT2D eigenvalue weighted by molar-refractivity contribution is 7.22. The van der Waals surface area contributed by atoms with Gasteiger partial charge in [0, 0.05) is 27.5 Å². The molecular formula is C42H41N3O4S. The maximum absolute atomic E-state index is 12.5. The summed E-state index contributed by atoms with van der Waals surface area (Å²) >= 11 is 1.74. The summed E-state index contributed by atoms with van der Waals surface area (Å²) in [7, 11) is 0. The van der Waals surface area contributed by atoms with Gasteiger partial charge < -0.3 is 19.5 Å². The number of hydrogen-bond donors (Lipinski definition) is 2. The number of thiophene rings is 1. The highest BCUT2D eigenvalue weighted by Gasteiger charge is 2.17. The van der Waals surface area contributed by atoms with E-state index in [1.54, 1.807) is 11.3 Å². The highest BCUT2D eigenvalue weighted by atomic mass is 32.1. The third-order valence-corrected chi connectivity index (χ3v) is 10.1. The van der Waals surface area contributed by atoms with Crippen LogP contribution in [0.2, 0.25) is 0 Å². The molecule has 1 fully saturated rings. The second-order valence-electron chi connectivity index (χ2n) is 12.4. The van der Waals surface area contributed by atoms with Gasteiger partial charge in [-0.05, 0) is 133 Å². The fourth-order valence-electron chi connectivity index (χ4n) is 6.22. The van der Waals surface area contributed by atoms with E-state index in [9.17, 15) is 4.79 Å². The predicted octanol–water partition coefficient (Wildman–Crippen LogP) is 10.1. The van der Waals surface area contributed by atoms with Crippen molar-refractivity contribution in [1.29, 1.82) is 0 Å². The first kappa shape index (κ1) is 33.2. The van der Waals surface area contributed by atoms with Gasteiger partial charge in [0.25, 0.3) is 0 Å². The number of carbonyl (C=O) groups is 1. The van der Waals surface area contributed by atoms with Crippen LogP contribution in [0.15, 0.2) is 127 Å². The summed E-state index contributed by atoms with van der Waals surface area (Å²) in [5.41, 5.74) is 5.20. The Hall–Kier alpha value is -5.31. The van der Waals surface area contributed by atoms with Crippen LogP contribution in [0, 0.1) is 0 Å². The summed E-state index contributed by atoms with van der Waals surface area (Å²) < 4.78 is 18.9. The minimum Gasteiger partial charge on any atom is -0.492 e. The molecule has 0 bridgehead atoms. The van der Waals surface area contributed by atoms with Crippen LogP contribution in [0.25, 0.3) is 20.5 Å². The van der Waals surface area contributed by atoms with Crippen molar-refractivity contribution in [3.8, 4) is 27.7 Å². The number of likely N-dealkylation sites (tertiary alicyclic amines) is 1. The molecule has 1 aromatic heterocycles. The molecule has 7 nitrogen and oxygen atoms in total. The summed E-state index contributed by atoms with van der Waals surface area (Å²) in [4.78, 5) is 16.2. The van der Waals surface area contributed by atoms with Crippen LogP contribution in [-0.4, -0.2) is 44.0 Å². The molecule has 0 aliphatic carbocycles. The van der Waals surface area contributed by atoms with Crippen LogP contribution in [0.5, 0.6) is 17.2 Å². The van der Waals surface area contributed by atoms with Crippen molar-refractivity contribution in [2.24, 2.45) is 0 Å². The van der Waals surface area contributed by atoms with Gasteiger partial charge in [-0.15, -0.1) is 11.3 Å². The first-order valence-electron chi connectivity index (χ1n) is 17.2. The molecule has 8 heteroatoms. The SMILES string of the molecule is O=C(Nc1ccccc1)Oc1ccc(-c2sc3cc(OCNc4ccccc4)ccc3c2Cc2ccc(OCCN3CCCCC3)cc2)cc1. The van der Waals surface area contributed by atoms with Crippen molar-refractivity contribution in [2.45, 2.75) is 25.7 Å². The molecule has 1 saturated heterocycles. The van der Waals surface area contributed by atoms with Gasteiger partial charge in [0.2, 0.25) is 0 Å². The number of fused-ring (bicyclic) bond motifs is 1. The Kier molecular flexibility index (Phi) is 10.9. The van der Waals surface area contributed by atoms with Gasteiger partial charge in [-0.1, -0.05) is 55.0 Å². The Morgan fingerprint density at radius 1 is 0.700 bits per heavy atom. The molecule has 0 saturated carbocycles. The molecular weight excluding hydrogens is 643 g/mol. The summed E-state index contributed by atoms with van der Waals surface area (Å²) in [5, 5.41) is 7.27. The number of nitrogens with one attached hydrogen (secondary N) is 2. The number of hydrogen-bond acceptors (Lipinski definition) is 7. The largest absolute Gasteiger partial charge is 0.492 e. The molecule has 0 spiro atoms. The van der Waals surface area contributed by atoms with Crippen molar-refractivity contribution in [3.63, 3.8) is 0 Å². The number of benzene rings is 5. The molecule has 7 rings (SSSR count). The maximum atomic E-state index is 12.5. The molecule has 0 radical (unpaired) electrons. The average molecular weight is 684 g/mol. The second kappa shape index (κ2) is 16.4. The van der Waals surface area contributed by atoms with Crippen LogP contribution in [0.4, 0.5) is 16.2 Å². The highest BCUT2D eigenvalue weighted by Crippen LogP contribution is 2.42. The number of anilines is 2. The number of piperidine rings is 1. The first-order chi connectivity index (χ1) is 24.7. The zero-order chi connectivity index (χ0) is 34.0. The van der Waals surface area contributed by atoms with Crippen LogP contribution in [-0.2, 0) is 6.42 Å². The van der Waals surface area contributed by atoms with E-state index >= 15 is 0 Å². The quantitative estimate of drug-likeness (QED) is 0.118. The van der Waals surface area contributed by atoms with E-state index < -0.39 is 6.09 Å². The molecule has 2 N–H and O–H groups in total. The molecule has 5 aromatic carbocycles. The van der Waals surface area contributed by atoms with E-state index in [1.165, 1.54) is 53.7 Å². The Bertz CT molecular complexity index is 1970. The molecule has 0 unspecified atom stereocenters. The van der Waals surface area contributed by atoms with E-state index in [-0.39, 0.29) is 0 Å². The monoisotopic (exact) mass is 683 g/mol. The average Bonchev–Trinajstić information content (AvgIpc) is 3.51. The van der Waals surface area contributed by atoms with Gasteiger partial charge in [0.15, 0.2) is 6.73 Å². The van der Waals surface area contributed by atoms with Crippen LogP contribution >= 0.6 is 11.3 Å². The Morgan fingerprint density at radius 2 is 1.38 bits per heavy atom. The van der Waals surface area contributed by atoms with E-state index in [0.29, 0.717) is 24.8 Å². The Labute approximate surface area is 297 Å². The zero-order valence-electron chi connectivity index (χ0n) is 28.0. The first-order valence-corrected chi connectivity index (χ1v) is 18.0. The topological polar surface area (TPSA) is 72.1 Å². The van der Waals surface area contributed by atoms with Crippen molar-refractivity contribution in [1.82, 2.24) is 4.90 Å². The van der Waals surface area contributed by atoms with Crippen molar-refractivity contribution in [3.05, 3.63) is 139 Å². The van der Waals surface area contributed by atoms with Crippen molar-refractivity contribution < 1.29 is 19.0 Å². The standard InChI is InChI=1S/C42H41N3O4S/c46-42(44-34-12-6-2-7-13-34)49-36-20-16-32(17-21-36)41-39(28-31-14-18-35(19-15-31)47-27-26-45-24-8-3-9-25-45)38-23-22-37(29-40(38)50-41)48-30-43-33-10-4-1-5-11-33/h1-2,4-7,10-23,29,43H,3,8-9,24-28,30H2,(H,44,46). The summed E-state index contributed by atoms with van der Waals surface area (Å²) in [6.45, 7) is 4.40. The van der Waals surface area contributed by atoms with Gasteiger partial charge in [-0.3, -0.25) is 10.2 Å². The van der Waals surface area contributed by atoms with Gasteiger partial charge >= 0.3 is 6.09 Å². The molecule has 1 amide bonds. The molecule has 1 aliphatic heterocycles. The lowest BCUT2D eigenvalue weighted by molar-refractivity contribution is 0.183. The summed E-state index contributed by atoms with van der Waals surface area (Å²) in [6, 6.07) is 41.8. The molecule has 50 heavy (non-hydrogen) atoms. The predicted molar refractivity (Wildman–Crippen MR) is 204 cm³/mol. The lowest BCUT2D eigenvalue weighted by atomic mass is 9.99. The van der Waals surface area contributed by atoms with Crippen molar-refractivity contribution in [2.75, 3.05) is 43.6 Å². The number of rotatable bonds is 13. The molecule has 254 valence electrons. The third-order valence-electron chi connectivity index (χ3n) is 8.83. The molecule has 1 aliphatic rings. The normalized spacial score (nSPS) is 13.1. The van der Waals surface area contributed by atoms with Gasteiger partial charge in [0.05, 0.1) is 0 Å². The number of amides is 1. The maximum Gasteiger partial charge on any atom is 0.417 e. The smallest absolute Gasteiger partial charge is 0.417 e. The Balaban J connectivity index is 1.08. The lowest BCUT2D eigenvalue weighted by Crippen LogP contribution is -2.33. The summed E-state index contributed by atoms with van der Waals surface area (Å²) in [5.74, 6) is 2.18. The van der Waals surface area contributed by atoms with Gasteiger partial charge in [0.1, 0.15) is 23.9 Å². The molecule has 0 atom stereocenters. The van der Waals surface area contributed by atoms with E-state index in [1.807, 2.05) is 91.0 Å². The summed E-state index contributed by atoms with van der Waals surface area (Å²) in [6.07, 6.45) is 4.15. The number of carbonyl (C=O) groups excluding carboxylic acids is 1. The van der Waals surface area contributed by atoms with Crippen LogP contribution in [0.3, 0.4) is 0 Å². The van der Waals surface area contributed by atoms with Crippen LogP contribution < -0.4 is 24.8 Å².